The molecule has 2 fully saturated rings. The van der Waals surface area contributed by atoms with E-state index in [1.807, 2.05) is 4.90 Å². The summed E-state index contributed by atoms with van der Waals surface area (Å²) in [5.74, 6) is 1.36. The maximum absolute atomic E-state index is 12.2. The molecule has 3 rings (SSSR count). The summed E-state index contributed by atoms with van der Waals surface area (Å²) >= 11 is 0. The molecule has 0 spiro atoms. The summed E-state index contributed by atoms with van der Waals surface area (Å²) in [5.41, 5.74) is 6.65. The number of amides is 1. The number of rotatable bonds is 1. The predicted octanol–water partition coefficient (Wildman–Crippen LogP) is 1.48. The van der Waals surface area contributed by atoms with Crippen molar-refractivity contribution in [3.63, 3.8) is 0 Å². The second-order valence-electron chi connectivity index (χ2n) is 5.32. The normalized spacial score (nSPS) is 32.5. The lowest BCUT2D eigenvalue weighted by molar-refractivity contribution is 0.0783. The molecule has 1 saturated heterocycles. The lowest BCUT2D eigenvalue weighted by Crippen LogP contribution is -2.32. The van der Waals surface area contributed by atoms with Crippen LogP contribution in [0.5, 0.6) is 0 Å². The van der Waals surface area contributed by atoms with E-state index in [0.717, 1.165) is 25.9 Å². The molecule has 1 aromatic rings. The Hall–Kier alpha value is -1.29. The highest BCUT2D eigenvalue weighted by Gasteiger charge is 2.38. The fourth-order valence-corrected chi connectivity index (χ4v) is 3.20. The van der Waals surface area contributed by atoms with Crippen LogP contribution in [0.25, 0.3) is 0 Å². The summed E-state index contributed by atoms with van der Waals surface area (Å²) < 4.78 is 4.96. The fourth-order valence-electron chi connectivity index (χ4n) is 3.20. The molecule has 2 heterocycles. The molecule has 1 aromatic heterocycles. The highest BCUT2D eigenvalue weighted by Crippen LogP contribution is 2.36. The zero-order valence-electron chi connectivity index (χ0n) is 9.84. The molecule has 1 unspecified atom stereocenters. The molecule has 0 aromatic carbocycles. The van der Waals surface area contributed by atoms with Gasteiger partial charge in [-0.15, -0.1) is 0 Å². The van der Waals surface area contributed by atoms with E-state index in [-0.39, 0.29) is 5.91 Å². The Morgan fingerprint density at radius 1 is 1.35 bits per heavy atom. The van der Waals surface area contributed by atoms with Crippen molar-refractivity contribution in [2.45, 2.75) is 25.3 Å². The molecule has 2 N–H and O–H groups in total. The van der Waals surface area contributed by atoms with E-state index < -0.39 is 0 Å². The van der Waals surface area contributed by atoms with Crippen molar-refractivity contribution in [1.82, 2.24) is 4.90 Å². The van der Waals surface area contributed by atoms with E-state index in [2.05, 4.69) is 0 Å². The molecule has 92 valence electrons. The summed E-state index contributed by atoms with van der Waals surface area (Å²) in [7, 11) is 0. The number of likely N-dealkylation sites (tertiary alicyclic amines) is 1. The van der Waals surface area contributed by atoms with Gasteiger partial charge >= 0.3 is 0 Å². The second-order valence-corrected chi connectivity index (χ2v) is 5.32. The number of hydrogen-bond donors (Lipinski definition) is 1. The van der Waals surface area contributed by atoms with Gasteiger partial charge in [-0.05, 0) is 37.2 Å². The molecule has 0 bridgehead atoms. The third-order valence-electron chi connectivity index (χ3n) is 4.15. The first-order valence-corrected chi connectivity index (χ1v) is 6.31. The third kappa shape index (κ3) is 1.97. The van der Waals surface area contributed by atoms with Crippen LogP contribution in [0.4, 0.5) is 0 Å². The number of furan rings is 1. The van der Waals surface area contributed by atoms with Gasteiger partial charge in [-0.3, -0.25) is 4.79 Å². The Labute approximate surface area is 101 Å². The van der Waals surface area contributed by atoms with Crippen LogP contribution >= 0.6 is 0 Å². The molecule has 1 amide bonds. The van der Waals surface area contributed by atoms with Crippen molar-refractivity contribution in [3.8, 4) is 0 Å². The van der Waals surface area contributed by atoms with E-state index in [9.17, 15) is 4.79 Å². The molecular formula is C13H18N2O2. The van der Waals surface area contributed by atoms with Crippen LogP contribution in [-0.4, -0.2) is 29.9 Å². The van der Waals surface area contributed by atoms with Crippen molar-refractivity contribution >= 4 is 5.91 Å². The van der Waals surface area contributed by atoms with E-state index in [0.29, 0.717) is 23.4 Å². The first-order valence-electron chi connectivity index (χ1n) is 6.31. The fraction of sp³-hybridized carbons (Fsp3) is 0.615. The van der Waals surface area contributed by atoms with Crippen LogP contribution in [0.3, 0.4) is 0 Å². The first kappa shape index (κ1) is 10.8. The monoisotopic (exact) mass is 234 g/mol. The van der Waals surface area contributed by atoms with Gasteiger partial charge in [0.25, 0.3) is 5.91 Å². The molecule has 17 heavy (non-hydrogen) atoms. The second kappa shape index (κ2) is 4.18. The lowest BCUT2D eigenvalue weighted by atomic mass is 9.79. The maximum Gasteiger partial charge on any atom is 0.257 e. The van der Waals surface area contributed by atoms with Gasteiger partial charge in [-0.25, -0.2) is 0 Å². The highest BCUT2D eigenvalue weighted by atomic mass is 16.3. The Bertz CT molecular complexity index is 402. The molecule has 2 aliphatic rings. The number of fused-ring (bicyclic) bond motifs is 1. The van der Waals surface area contributed by atoms with E-state index in [4.69, 9.17) is 10.2 Å². The summed E-state index contributed by atoms with van der Waals surface area (Å²) in [5, 5.41) is 0. The van der Waals surface area contributed by atoms with Gasteiger partial charge in [0.05, 0.1) is 11.8 Å². The number of nitrogens with two attached hydrogens (primary N) is 1. The van der Waals surface area contributed by atoms with Crippen LogP contribution < -0.4 is 5.73 Å². The molecule has 3 atom stereocenters. The molecular weight excluding hydrogens is 216 g/mol. The van der Waals surface area contributed by atoms with Gasteiger partial charge in [-0.1, -0.05) is 0 Å². The van der Waals surface area contributed by atoms with Crippen LogP contribution in [0, 0.1) is 11.8 Å². The quantitative estimate of drug-likeness (QED) is 0.800. The first-order chi connectivity index (χ1) is 8.24. The van der Waals surface area contributed by atoms with E-state index >= 15 is 0 Å². The topological polar surface area (TPSA) is 59.5 Å². The number of nitrogens with zero attached hydrogens (tertiary/aromatic N) is 1. The smallest absolute Gasteiger partial charge is 0.257 e. The Morgan fingerprint density at radius 3 is 2.94 bits per heavy atom. The van der Waals surface area contributed by atoms with Crippen LogP contribution in [0.15, 0.2) is 23.0 Å². The third-order valence-corrected chi connectivity index (χ3v) is 4.15. The van der Waals surface area contributed by atoms with Crippen LogP contribution in [0.1, 0.15) is 29.6 Å². The molecule has 0 radical (unpaired) electrons. The van der Waals surface area contributed by atoms with E-state index in [1.165, 1.54) is 12.7 Å². The van der Waals surface area contributed by atoms with Gasteiger partial charge in [0.1, 0.15) is 6.26 Å². The van der Waals surface area contributed by atoms with Crippen molar-refractivity contribution in [3.05, 3.63) is 24.2 Å². The van der Waals surface area contributed by atoms with Gasteiger partial charge in [0, 0.05) is 19.1 Å². The molecule has 4 heteroatoms. The molecule has 1 aliphatic carbocycles. The summed E-state index contributed by atoms with van der Waals surface area (Å²) in [6, 6.07) is 2.07. The van der Waals surface area contributed by atoms with Gasteiger partial charge < -0.3 is 15.1 Å². The largest absolute Gasteiger partial charge is 0.472 e. The number of carbonyl (C=O) groups is 1. The van der Waals surface area contributed by atoms with Crippen LogP contribution in [-0.2, 0) is 0 Å². The lowest BCUT2D eigenvalue weighted by Gasteiger charge is -2.27. The predicted molar refractivity (Wildman–Crippen MR) is 63.4 cm³/mol. The molecule has 1 saturated carbocycles. The average Bonchev–Trinajstić information content (AvgIpc) is 2.96. The number of hydrogen-bond acceptors (Lipinski definition) is 3. The zero-order chi connectivity index (χ0) is 11.8. The van der Waals surface area contributed by atoms with Crippen molar-refractivity contribution in [2.75, 3.05) is 13.1 Å². The minimum Gasteiger partial charge on any atom is -0.472 e. The summed E-state index contributed by atoms with van der Waals surface area (Å²) in [6.45, 7) is 1.75. The molecule has 4 nitrogen and oxygen atoms in total. The van der Waals surface area contributed by atoms with Gasteiger partial charge in [0.15, 0.2) is 0 Å². The van der Waals surface area contributed by atoms with Crippen molar-refractivity contribution in [1.29, 1.82) is 0 Å². The van der Waals surface area contributed by atoms with Gasteiger partial charge in [0.2, 0.25) is 0 Å². The minimum atomic E-state index is 0.0988. The Morgan fingerprint density at radius 2 is 2.18 bits per heavy atom. The Balaban J connectivity index is 1.69. The SMILES string of the molecule is NC1CC[C@@H]2CN(C(=O)c3ccoc3)C[C@@H]2C1. The zero-order valence-corrected chi connectivity index (χ0v) is 9.84. The van der Waals surface area contributed by atoms with Crippen molar-refractivity contribution < 1.29 is 9.21 Å². The minimum absolute atomic E-state index is 0.0988. The summed E-state index contributed by atoms with van der Waals surface area (Å²) in [4.78, 5) is 14.1. The number of carbonyl (C=O) groups excluding carboxylic acids is 1. The average molecular weight is 234 g/mol. The summed E-state index contributed by atoms with van der Waals surface area (Å²) in [6.07, 6.45) is 6.41. The standard InChI is InChI=1S/C13H18N2O2/c14-12-2-1-9-6-15(7-11(9)5-12)13(16)10-3-4-17-8-10/h3-4,8-9,11-12H,1-2,5-7,14H2/t9-,11+,12?/m1/s1. The maximum atomic E-state index is 12.2. The molecule has 1 aliphatic heterocycles. The van der Waals surface area contributed by atoms with E-state index in [1.54, 1.807) is 12.3 Å². The van der Waals surface area contributed by atoms with Gasteiger partial charge in [-0.2, -0.15) is 0 Å². The Kier molecular flexibility index (Phi) is 2.67. The van der Waals surface area contributed by atoms with Crippen molar-refractivity contribution in [2.24, 2.45) is 17.6 Å². The highest BCUT2D eigenvalue weighted by molar-refractivity contribution is 5.94. The van der Waals surface area contributed by atoms with Crippen LogP contribution in [0.2, 0.25) is 0 Å².